The van der Waals surface area contributed by atoms with E-state index in [2.05, 4.69) is 10.6 Å². The summed E-state index contributed by atoms with van der Waals surface area (Å²) < 4.78 is 5.12. The number of nitrogens with zero attached hydrogens (tertiary/aromatic N) is 1. The zero-order chi connectivity index (χ0) is 22.4. The largest absolute Gasteiger partial charge is 0.497 e. The summed E-state index contributed by atoms with van der Waals surface area (Å²) in [5.41, 5.74) is 1.98. The number of benzene rings is 2. The Bertz CT molecular complexity index is 945. The van der Waals surface area contributed by atoms with E-state index in [0.717, 1.165) is 4.90 Å². The van der Waals surface area contributed by atoms with Crippen LogP contribution in [0.1, 0.15) is 20.3 Å². The number of ether oxygens (including phenoxy) is 1. The maximum Gasteiger partial charge on any atom is 0.282 e. The first-order chi connectivity index (χ1) is 14.9. The van der Waals surface area contributed by atoms with Gasteiger partial charge in [-0.1, -0.05) is 12.1 Å². The summed E-state index contributed by atoms with van der Waals surface area (Å²) >= 11 is 0. The third-order valence-corrected chi connectivity index (χ3v) is 5.31. The van der Waals surface area contributed by atoms with Gasteiger partial charge in [-0.25, -0.2) is 0 Å². The Labute approximate surface area is 182 Å². The number of methoxy groups -OCH3 is 1. The van der Waals surface area contributed by atoms with E-state index in [9.17, 15) is 14.4 Å². The van der Waals surface area contributed by atoms with Crippen LogP contribution in [0.15, 0.2) is 48.5 Å². The molecule has 1 heterocycles. The molecule has 0 saturated heterocycles. The van der Waals surface area contributed by atoms with Crippen LogP contribution in [-0.2, 0) is 14.4 Å². The first-order valence-electron chi connectivity index (χ1n) is 10.4. The highest BCUT2D eigenvalue weighted by Gasteiger charge is 2.31. The lowest BCUT2D eigenvalue weighted by Crippen LogP contribution is -3.14. The van der Waals surface area contributed by atoms with Crippen LogP contribution >= 0.6 is 0 Å². The number of quaternary nitrogens is 1. The van der Waals surface area contributed by atoms with Crippen LogP contribution in [0.25, 0.3) is 0 Å². The number of carbonyl (C=O) groups excluding carboxylic acids is 3. The minimum absolute atomic E-state index is 0.117. The highest BCUT2D eigenvalue weighted by atomic mass is 16.5. The van der Waals surface area contributed by atoms with Gasteiger partial charge in [-0.3, -0.25) is 14.4 Å². The van der Waals surface area contributed by atoms with Crippen LogP contribution in [0.5, 0.6) is 5.75 Å². The smallest absolute Gasteiger partial charge is 0.282 e. The molecule has 1 aliphatic heterocycles. The molecule has 2 aromatic carbocycles. The molecule has 0 fully saturated rings. The number of anilines is 3. The number of para-hydroxylation sites is 2. The zero-order valence-electron chi connectivity index (χ0n) is 18.1. The number of carbonyl (C=O) groups is 3. The number of nitrogens with one attached hydrogen (secondary N) is 3. The van der Waals surface area contributed by atoms with Gasteiger partial charge in [0.1, 0.15) is 5.75 Å². The average molecular weight is 426 g/mol. The Morgan fingerprint density at radius 1 is 1.16 bits per heavy atom. The lowest BCUT2D eigenvalue weighted by atomic mass is 10.1. The number of likely N-dealkylation sites (N-methyl/N-ethyl adjacent to an activating group) is 1. The molecule has 0 radical (unpaired) electrons. The molecule has 3 rings (SSSR count). The first kappa shape index (κ1) is 22.3. The molecule has 3 N–H and O–H groups in total. The van der Waals surface area contributed by atoms with Gasteiger partial charge in [0.2, 0.25) is 5.91 Å². The predicted octanol–water partition coefficient (Wildman–Crippen LogP) is 1.30. The van der Waals surface area contributed by atoms with E-state index in [4.69, 9.17) is 4.74 Å². The summed E-state index contributed by atoms with van der Waals surface area (Å²) in [5, 5.41) is 5.72. The molecule has 1 aliphatic rings. The molecule has 2 aromatic rings. The highest BCUT2D eigenvalue weighted by Crippen LogP contribution is 2.31. The SMILES string of the molecule is CC[NH+](CC(=O)Nc1ccc(OC)cc1)CC(=O)N1c2ccccc2NC(=O)C[C@@H]1C. The quantitative estimate of drug-likeness (QED) is 0.624. The summed E-state index contributed by atoms with van der Waals surface area (Å²) in [6.07, 6.45) is 0.222. The van der Waals surface area contributed by atoms with E-state index in [1.54, 1.807) is 42.3 Å². The lowest BCUT2D eigenvalue weighted by Gasteiger charge is -2.29. The van der Waals surface area contributed by atoms with Crippen molar-refractivity contribution in [2.45, 2.75) is 26.3 Å². The Hall–Kier alpha value is -3.39. The van der Waals surface area contributed by atoms with Gasteiger partial charge in [0.25, 0.3) is 11.8 Å². The topological polar surface area (TPSA) is 92.2 Å². The molecule has 0 spiro atoms. The summed E-state index contributed by atoms with van der Waals surface area (Å²) in [5.74, 6) is 0.305. The van der Waals surface area contributed by atoms with Crippen molar-refractivity contribution in [2.24, 2.45) is 0 Å². The second-order valence-corrected chi connectivity index (χ2v) is 7.62. The zero-order valence-corrected chi connectivity index (χ0v) is 18.1. The molecular weight excluding hydrogens is 396 g/mol. The van der Waals surface area contributed by atoms with Crippen LogP contribution in [0.4, 0.5) is 17.1 Å². The lowest BCUT2D eigenvalue weighted by molar-refractivity contribution is -0.881. The van der Waals surface area contributed by atoms with Crippen LogP contribution in [0, 0.1) is 0 Å². The normalized spacial score (nSPS) is 16.5. The van der Waals surface area contributed by atoms with Crippen molar-refractivity contribution >= 4 is 34.8 Å². The Morgan fingerprint density at radius 3 is 2.55 bits per heavy atom. The van der Waals surface area contributed by atoms with Gasteiger partial charge in [0.05, 0.1) is 25.0 Å². The molecule has 3 amide bonds. The van der Waals surface area contributed by atoms with E-state index in [-0.39, 0.29) is 43.3 Å². The van der Waals surface area contributed by atoms with Crippen molar-refractivity contribution in [3.63, 3.8) is 0 Å². The maximum absolute atomic E-state index is 13.2. The molecule has 164 valence electrons. The molecule has 1 unspecified atom stereocenters. The van der Waals surface area contributed by atoms with Crippen molar-refractivity contribution in [2.75, 3.05) is 42.3 Å². The maximum atomic E-state index is 13.2. The Kier molecular flexibility index (Phi) is 7.25. The second-order valence-electron chi connectivity index (χ2n) is 7.62. The van der Waals surface area contributed by atoms with Crippen LogP contribution in [0.2, 0.25) is 0 Å². The highest BCUT2D eigenvalue weighted by molar-refractivity contribution is 6.04. The summed E-state index contributed by atoms with van der Waals surface area (Å²) in [6.45, 7) is 4.73. The van der Waals surface area contributed by atoms with E-state index in [1.807, 2.05) is 32.0 Å². The third kappa shape index (κ3) is 5.61. The predicted molar refractivity (Wildman–Crippen MR) is 119 cm³/mol. The van der Waals surface area contributed by atoms with Crippen LogP contribution in [-0.4, -0.2) is 50.5 Å². The Balaban J connectivity index is 1.67. The van der Waals surface area contributed by atoms with Gasteiger partial charge in [-0.2, -0.15) is 0 Å². The van der Waals surface area contributed by atoms with Crippen LogP contribution in [0.3, 0.4) is 0 Å². The average Bonchev–Trinajstić information content (AvgIpc) is 2.87. The summed E-state index contributed by atoms with van der Waals surface area (Å²) in [6, 6.07) is 14.1. The molecule has 8 heteroatoms. The summed E-state index contributed by atoms with van der Waals surface area (Å²) in [7, 11) is 1.59. The van der Waals surface area contributed by atoms with E-state index >= 15 is 0 Å². The summed E-state index contributed by atoms with van der Waals surface area (Å²) in [4.78, 5) is 40.4. The molecular formula is C23H29N4O4+. The van der Waals surface area contributed by atoms with Crippen LogP contribution < -0.4 is 25.2 Å². The van der Waals surface area contributed by atoms with Gasteiger partial charge in [-0.05, 0) is 50.2 Å². The van der Waals surface area contributed by atoms with Crippen molar-refractivity contribution < 1.29 is 24.0 Å². The van der Waals surface area contributed by atoms with Gasteiger partial charge in [-0.15, -0.1) is 0 Å². The molecule has 0 saturated carbocycles. The van der Waals surface area contributed by atoms with Crippen molar-refractivity contribution in [3.05, 3.63) is 48.5 Å². The van der Waals surface area contributed by atoms with Crippen molar-refractivity contribution in [1.29, 1.82) is 0 Å². The number of hydrogen-bond donors (Lipinski definition) is 3. The molecule has 0 aromatic heterocycles. The van der Waals surface area contributed by atoms with Gasteiger partial charge in [0.15, 0.2) is 13.1 Å². The van der Waals surface area contributed by atoms with Gasteiger partial charge >= 0.3 is 0 Å². The minimum Gasteiger partial charge on any atom is -0.497 e. The Morgan fingerprint density at radius 2 is 1.87 bits per heavy atom. The second kappa shape index (κ2) is 10.1. The fraction of sp³-hybridized carbons (Fsp3) is 0.348. The number of amides is 3. The van der Waals surface area contributed by atoms with Gasteiger partial charge in [0, 0.05) is 18.2 Å². The number of hydrogen-bond acceptors (Lipinski definition) is 4. The fourth-order valence-electron chi connectivity index (χ4n) is 3.69. The molecule has 31 heavy (non-hydrogen) atoms. The molecule has 2 atom stereocenters. The van der Waals surface area contributed by atoms with Gasteiger partial charge < -0.3 is 25.2 Å². The fourth-order valence-corrected chi connectivity index (χ4v) is 3.69. The number of rotatable bonds is 7. The van der Waals surface area contributed by atoms with E-state index in [1.165, 1.54) is 0 Å². The molecule has 0 bridgehead atoms. The molecule has 8 nitrogen and oxygen atoms in total. The third-order valence-electron chi connectivity index (χ3n) is 5.31. The first-order valence-corrected chi connectivity index (χ1v) is 10.4. The standard InChI is InChI=1S/C23H28N4O4/c1-4-26(14-22(29)24-17-9-11-18(31-3)12-10-17)15-23(30)27-16(2)13-21(28)25-19-7-5-6-8-20(19)27/h5-12,16H,4,13-15H2,1-3H3,(H,24,29)(H,25,28)/p+1/t16-/m0/s1. The molecule has 0 aliphatic carbocycles. The monoisotopic (exact) mass is 425 g/mol. The van der Waals surface area contributed by atoms with E-state index < -0.39 is 0 Å². The minimum atomic E-state index is -0.276. The van der Waals surface area contributed by atoms with Crippen molar-refractivity contribution in [3.8, 4) is 5.75 Å². The van der Waals surface area contributed by atoms with Crippen molar-refractivity contribution in [1.82, 2.24) is 0 Å². The van der Waals surface area contributed by atoms with E-state index in [0.29, 0.717) is 29.4 Å². The number of fused-ring (bicyclic) bond motifs is 1.